The number of hydrogen-bond acceptors (Lipinski definition) is 4. The zero-order valence-electron chi connectivity index (χ0n) is 10.0. The average molecular weight is 238 g/mol. The highest BCUT2D eigenvalue weighted by Gasteiger charge is 2.24. The Morgan fingerprint density at radius 2 is 2.18 bits per heavy atom. The molecule has 1 heterocycles. The van der Waals surface area contributed by atoms with E-state index in [4.69, 9.17) is 0 Å². The monoisotopic (exact) mass is 238 g/mol. The summed E-state index contributed by atoms with van der Waals surface area (Å²) < 4.78 is 0. The Morgan fingerprint density at radius 3 is 2.76 bits per heavy atom. The van der Waals surface area contributed by atoms with Crippen LogP contribution >= 0.6 is 0 Å². The molecule has 0 aliphatic heterocycles. The SMILES string of the molecule is CCc1nc([N+](=O)[O-])c(NC2CCCCC2)[nH]1. The second-order valence-corrected chi connectivity index (χ2v) is 4.47. The van der Waals surface area contributed by atoms with E-state index in [0.29, 0.717) is 24.1 Å². The third kappa shape index (κ3) is 2.75. The lowest BCUT2D eigenvalue weighted by Gasteiger charge is -2.22. The molecule has 0 bridgehead atoms. The molecule has 1 aliphatic rings. The van der Waals surface area contributed by atoms with E-state index >= 15 is 0 Å². The van der Waals surface area contributed by atoms with E-state index in [2.05, 4.69) is 15.3 Å². The van der Waals surface area contributed by atoms with Crippen molar-refractivity contribution in [1.82, 2.24) is 9.97 Å². The third-order valence-electron chi connectivity index (χ3n) is 3.20. The van der Waals surface area contributed by atoms with Crippen molar-refractivity contribution in [3.05, 3.63) is 15.9 Å². The molecule has 6 nitrogen and oxygen atoms in total. The van der Waals surface area contributed by atoms with Gasteiger partial charge in [-0.3, -0.25) is 0 Å². The largest absolute Gasteiger partial charge is 0.406 e. The van der Waals surface area contributed by atoms with Crippen LogP contribution in [-0.2, 0) is 6.42 Å². The van der Waals surface area contributed by atoms with Crippen LogP contribution < -0.4 is 5.32 Å². The first kappa shape index (κ1) is 11.9. The second kappa shape index (κ2) is 5.16. The van der Waals surface area contributed by atoms with Crippen LogP contribution in [0.4, 0.5) is 11.6 Å². The van der Waals surface area contributed by atoms with E-state index in [0.717, 1.165) is 12.8 Å². The van der Waals surface area contributed by atoms with Gasteiger partial charge in [-0.05, 0) is 22.7 Å². The van der Waals surface area contributed by atoms with Crippen LogP contribution in [0.15, 0.2) is 0 Å². The number of H-pyrrole nitrogens is 1. The maximum Gasteiger partial charge on any atom is 0.406 e. The van der Waals surface area contributed by atoms with Crippen LogP contribution in [0.3, 0.4) is 0 Å². The van der Waals surface area contributed by atoms with Crippen molar-refractivity contribution in [2.24, 2.45) is 0 Å². The number of aryl methyl sites for hydroxylation is 1. The predicted octanol–water partition coefficient (Wildman–Crippen LogP) is 2.62. The van der Waals surface area contributed by atoms with Gasteiger partial charge in [0, 0.05) is 12.5 Å². The molecule has 0 spiro atoms. The Morgan fingerprint density at radius 1 is 1.47 bits per heavy atom. The average Bonchev–Trinajstić information content (AvgIpc) is 2.74. The molecule has 1 aromatic rings. The van der Waals surface area contributed by atoms with Gasteiger partial charge in [0.1, 0.15) is 0 Å². The van der Waals surface area contributed by atoms with Crippen LogP contribution in [0.5, 0.6) is 0 Å². The Bertz CT molecular complexity index is 396. The molecular weight excluding hydrogens is 220 g/mol. The number of imidazole rings is 1. The minimum absolute atomic E-state index is 0.0765. The van der Waals surface area contributed by atoms with Gasteiger partial charge in [-0.2, -0.15) is 0 Å². The number of anilines is 1. The predicted molar refractivity (Wildman–Crippen MR) is 65.1 cm³/mol. The highest BCUT2D eigenvalue weighted by molar-refractivity contribution is 5.52. The molecule has 0 saturated heterocycles. The Hall–Kier alpha value is -1.59. The minimum atomic E-state index is -0.430. The number of hydrogen-bond donors (Lipinski definition) is 2. The van der Waals surface area contributed by atoms with Crippen molar-refractivity contribution in [2.75, 3.05) is 5.32 Å². The fourth-order valence-corrected chi connectivity index (χ4v) is 2.26. The van der Waals surface area contributed by atoms with E-state index in [1.807, 2.05) is 6.92 Å². The molecular formula is C11H18N4O2. The molecule has 1 saturated carbocycles. The van der Waals surface area contributed by atoms with Crippen molar-refractivity contribution >= 4 is 11.6 Å². The van der Waals surface area contributed by atoms with E-state index in [1.54, 1.807) is 0 Å². The van der Waals surface area contributed by atoms with E-state index in [-0.39, 0.29) is 5.82 Å². The van der Waals surface area contributed by atoms with Crippen molar-refractivity contribution in [1.29, 1.82) is 0 Å². The zero-order chi connectivity index (χ0) is 12.3. The number of nitro groups is 1. The molecule has 1 fully saturated rings. The summed E-state index contributed by atoms with van der Waals surface area (Å²) >= 11 is 0. The van der Waals surface area contributed by atoms with Gasteiger partial charge in [-0.1, -0.05) is 26.2 Å². The van der Waals surface area contributed by atoms with Gasteiger partial charge in [-0.15, -0.1) is 0 Å². The molecule has 0 amide bonds. The first-order valence-corrected chi connectivity index (χ1v) is 6.20. The lowest BCUT2D eigenvalue weighted by Crippen LogP contribution is -2.22. The summed E-state index contributed by atoms with van der Waals surface area (Å²) in [7, 11) is 0. The van der Waals surface area contributed by atoms with Gasteiger partial charge in [0.15, 0.2) is 0 Å². The molecule has 6 heteroatoms. The van der Waals surface area contributed by atoms with Gasteiger partial charge in [0.25, 0.3) is 0 Å². The molecule has 2 rings (SSSR count). The van der Waals surface area contributed by atoms with Crippen molar-refractivity contribution < 1.29 is 4.92 Å². The molecule has 0 radical (unpaired) electrons. The van der Waals surface area contributed by atoms with Gasteiger partial charge in [0.05, 0.1) is 0 Å². The van der Waals surface area contributed by atoms with E-state index in [1.165, 1.54) is 19.3 Å². The number of aromatic nitrogens is 2. The summed E-state index contributed by atoms with van der Waals surface area (Å²) in [5.41, 5.74) is 0. The lowest BCUT2D eigenvalue weighted by atomic mass is 9.95. The number of rotatable bonds is 4. The Labute approximate surface area is 100.0 Å². The number of nitrogens with zero attached hydrogens (tertiary/aromatic N) is 2. The normalized spacial score (nSPS) is 17.0. The number of aromatic amines is 1. The standard InChI is InChI=1S/C11H18N4O2/c1-2-9-13-10(11(14-9)15(16)17)12-8-6-4-3-5-7-8/h8,12H,2-7H2,1H3,(H,13,14). The molecule has 94 valence electrons. The maximum absolute atomic E-state index is 10.9. The summed E-state index contributed by atoms with van der Waals surface area (Å²) in [6.45, 7) is 1.92. The second-order valence-electron chi connectivity index (χ2n) is 4.47. The summed E-state index contributed by atoms with van der Waals surface area (Å²) in [5.74, 6) is 1.06. The summed E-state index contributed by atoms with van der Waals surface area (Å²) in [6, 6.07) is 0.340. The summed E-state index contributed by atoms with van der Waals surface area (Å²) in [4.78, 5) is 17.4. The van der Waals surface area contributed by atoms with Crippen molar-refractivity contribution in [3.63, 3.8) is 0 Å². The molecule has 2 N–H and O–H groups in total. The first-order chi connectivity index (χ1) is 8.20. The Balaban J connectivity index is 2.12. The smallest absolute Gasteiger partial charge is 0.362 e. The molecule has 0 aromatic carbocycles. The topological polar surface area (TPSA) is 83.8 Å². The first-order valence-electron chi connectivity index (χ1n) is 6.20. The van der Waals surface area contributed by atoms with Crippen LogP contribution in [0.25, 0.3) is 0 Å². The highest BCUT2D eigenvalue weighted by atomic mass is 16.6. The van der Waals surface area contributed by atoms with Crippen LogP contribution in [0, 0.1) is 10.1 Å². The van der Waals surface area contributed by atoms with Gasteiger partial charge in [-0.25, -0.2) is 0 Å². The van der Waals surface area contributed by atoms with Crippen LogP contribution in [0.1, 0.15) is 44.9 Å². The third-order valence-corrected chi connectivity index (χ3v) is 3.20. The Kier molecular flexibility index (Phi) is 3.61. The van der Waals surface area contributed by atoms with Crippen molar-refractivity contribution in [2.45, 2.75) is 51.5 Å². The fourth-order valence-electron chi connectivity index (χ4n) is 2.26. The van der Waals surface area contributed by atoms with Crippen molar-refractivity contribution in [3.8, 4) is 0 Å². The maximum atomic E-state index is 10.9. The fraction of sp³-hybridized carbons (Fsp3) is 0.727. The number of nitrogens with one attached hydrogen (secondary N) is 2. The summed E-state index contributed by atoms with van der Waals surface area (Å²) in [5, 5.41) is 14.1. The molecule has 17 heavy (non-hydrogen) atoms. The molecule has 1 aromatic heterocycles. The minimum Gasteiger partial charge on any atom is -0.362 e. The zero-order valence-corrected chi connectivity index (χ0v) is 10.0. The quantitative estimate of drug-likeness (QED) is 0.623. The van der Waals surface area contributed by atoms with Crippen LogP contribution in [-0.4, -0.2) is 20.9 Å². The lowest BCUT2D eigenvalue weighted by molar-refractivity contribution is -0.388. The van der Waals surface area contributed by atoms with Gasteiger partial charge < -0.3 is 20.4 Å². The molecule has 0 atom stereocenters. The highest BCUT2D eigenvalue weighted by Crippen LogP contribution is 2.26. The molecule has 0 unspecified atom stereocenters. The van der Waals surface area contributed by atoms with Gasteiger partial charge in [0.2, 0.25) is 11.6 Å². The molecule has 1 aliphatic carbocycles. The van der Waals surface area contributed by atoms with E-state index in [9.17, 15) is 10.1 Å². The van der Waals surface area contributed by atoms with Gasteiger partial charge >= 0.3 is 5.82 Å². The van der Waals surface area contributed by atoms with Crippen LogP contribution in [0.2, 0.25) is 0 Å². The summed E-state index contributed by atoms with van der Waals surface area (Å²) in [6.07, 6.45) is 6.49. The van der Waals surface area contributed by atoms with E-state index < -0.39 is 4.92 Å².